The van der Waals surface area contributed by atoms with Crippen molar-refractivity contribution in [2.75, 3.05) is 42.7 Å². The number of nitrogens with two attached hydrogens (primary N) is 2. The maximum absolute atomic E-state index is 6.86. The maximum atomic E-state index is 6.86. The molecule has 4 N–H and O–H groups in total. The summed E-state index contributed by atoms with van der Waals surface area (Å²) in [5.41, 5.74) is 16.1. The van der Waals surface area contributed by atoms with Gasteiger partial charge in [-0.05, 0) is 78.4 Å². The molecule has 0 fully saturated rings. The number of hydrogen-bond donors (Lipinski definition) is 2. The molecule has 8 rings (SSSR count). The Morgan fingerprint density at radius 2 is 0.750 bits per heavy atom. The molecule has 0 aliphatic rings. The Morgan fingerprint density at radius 3 is 0.986 bits per heavy atom. The van der Waals surface area contributed by atoms with Gasteiger partial charge in [-0.2, -0.15) is 9.97 Å². The number of methoxy groups -OCH3 is 6. The second kappa shape index (κ2) is 27.5. The minimum absolute atomic E-state index is 0.226. The predicted molar refractivity (Wildman–Crippen MR) is 297 cm³/mol. The first-order chi connectivity index (χ1) is 35.0. The number of nitrogens with zero attached hydrogens (tertiary/aromatic N) is 2. The molecule has 0 saturated carbocycles. The zero-order valence-corrected chi connectivity index (χ0v) is 46.5. The fraction of sp³-hybridized carbons (Fsp3) is 0.193. The van der Waals surface area contributed by atoms with E-state index in [2.05, 4.69) is 111 Å². The van der Waals surface area contributed by atoms with Crippen molar-refractivity contribution in [3.8, 4) is 46.1 Å². The van der Waals surface area contributed by atoms with E-state index in [0.29, 0.717) is 23.5 Å². The number of halogens is 2. The number of benzene rings is 6. The van der Waals surface area contributed by atoms with Crippen LogP contribution in [0.3, 0.4) is 0 Å². The summed E-state index contributed by atoms with van der Waals surface area (Å²) < 4.78 is 34.3. The summed E-state index contributed by atoms with van der Waals surface area (Å²) in [6.07, 6.45) is 0. The molecule has 1 atom stereocenters. The zero-order chi connectivity index (χ0) is 51.6. The number of rotatable bonds is 17. The van der Waals surface area contributed by atoms with E-state index in [-0.39, 0.29) is 27.1 Å². The molecule has 6 aromatic carbocycles. The van der Waals surface area contributed by atoms with Crippen LogP contribution < -0.4 is 71.7 Å². The second-order valence-electron chi connectivity index (χ2n) is 16.3. The molecule has 0 saturated heterocycles. The summed E-state index contributed by atoms with van der Waals surface area (Å²) in [6.45, 7) is 4.17. The van der Waals surface area contributed by atoms with E-state index < -0.39 is 21.4 Å². The molecule has 15 heteroatoms. The van der Waals surface area contributed by atoms with E-state index in [0.717, 1.165) is 44.4 Å². The van der Waals surface area contributed by atoms with E-state index in [9.17, 15) is 0 Å². The third-order valence-corrected chi connectivity index (χ3v) is 16.8. The summed E-state index contributed by atoms with van der Waals surface area (Å²) in [4.78, 5) is 9.68. The molecule has 0 unspecified atom stereocenters. The molecule has 0 spiro atoms. The molecule has 376 valence electrons. The van der Waals surface area contributed by atoms with Gasteiger partial charge >= 0.3 is 34.5 Å². The molecular weight excluding hydrogens is 1070 g/mol. The van der Waals surface area contributed by atoms with Crippen LogP contribution >= 0.6 is 35.2 Å². The quantitative estimate of drug-likeness (QED) is 0.0671. The zero-order valence-electron chi connectivity index (χ0n) is 41.5. The molecule has 0 bridgehead atoms. The van der Waals surface area contributed by atoms with Crippen molar-refractivity contribution < 1.29 is 43.6 Å². The molecule has 2 aromatic heterocycles. The number of pyridine rings is 2. The molecule has 10 nitrogen and oxygen atoms in total. The van der Waals surface area contributed by atoms with Gasteiger partial charge in [-0.3, -0.25) is 0 Å². The van der Waals surface area contributed by atoms with Crippen LogP contribution in [0.4, 0.5) is 0 Å². The van der Waals surface area contributed by atoms with Gasteiger partial charge in [0.05, 0.1) is 59.3 Å². The standard InChI is InChI=1S/C38H34N2O4P2.C19H26N2O2.2ClH.Ru/c1-41-33-25-31(45(27-17-9-5-10-18-27)28-19-11-6-12-20-28)35(37(39-33)43-3)36-32(26-34(42-2)40-38(36)44-4)46(29-21-13-7-14-22-29)30-23-15-8-16-24-30;1-13(2)18(20)19(21,14-5-9-16(22-3)10-6-14)15-7-11-17(23-4)12-8-15;;;/h5-26H,1-4H3;5-13,18H,20-21H2,1-4H3;2*1H;/q;;;;+2/p-2/t;18-;;;/m.1.../s1. The first kappa shape index (κ1) is 55.7. The molecule has 8 aromatic rings. The first-order valence-corrected chi connectivity index (χ1v) is 29.9. The van der Waals surface area contributed by atoms with Gasteiger partial charge in [-0.15, -0.1) is 0 Å². The average Bonchev–Trinajstić information content (AvgIpc) is 3.44. The van der Waals surface area contributed by atoms with E-state index in [1.54, 1.807) is 42.7 Å². The van der Waals surface area contributed by atoms with E-state index in [1.807, 2.05) is 84.9 Å². The molecule has 72 heavy (non-hydrogen) atoms. The SMILES string of the molecule is COc1cc(P(c2ccccc2)c2ccccc2)c(-c2c(P(c3ccccc3)c3ccccc3)cc(OC)nc2OC)c(OC)n1.COc1ccc(C(N)(c2ccc(OC)cc2)[C@H](N)C(C)C)cc1.[Cl][Ru][Cl]. The van der Waals surface area contributed by atoms with Crippen LogP contribution in [0.15, 0.2) is 182 Å². The average molecular weight is 1130 g/mol. The van der Waals surface area contributed by atoms with Crippen molar-refractivity contribution in [2.24, 2.45) is 17.4 Å². The minimum atomic E-state index is -1.11. The van der Waals surface area contributed by atoms with Gasteiger partial charge in [-0.25, -0.2) is 0 Å². The van der Waals surface area contributed by atoms with Crippen molar-refractivity contribution in [1.29, 1.82) is 0 Å². The van der Waals surface area contributed by atoms with Crippen molar-refractivity contribution in [3.05, 3.63) is 193 Å². The van der Waals surface area contributed by atoms with E-state index in [1.165, 1.54) is 21.2 Å². The van der Waals surface area contributed by atoms with Gasteiger partial charge in [0.2, 0.25) is 23.5 Å². The van der Waals surface area contributed by atoms with Crippen LogP contribution in [0.25, 0.3) is 11.1 Å². The molecular formula is C57H60Cl2N4O6P2Ru. The van der Waals surface area contributed by atoms with E-state index >= 15 is 0 Å². The molecule has 0 amide bonds. The second-order valence-corrected chi connectivity index (χ2v) is 23.3. The molecule has 0 radical (unpaired) electrons. The summed E-state index contributed by atoms with van der Waals surface area (Å²) in [5.74, 6) is 3.60. The third kappa shape index (κ3) is 13.1. The predicted octanol–water partition coefficient (Wildman–Crippen LogP) is 9.96. The summed E-state index contributed by atoms with van der Waals surface area (Å²) in [5, 5.41) is 6.73. The number of aromatic nitrogens is 2. The Morgan fingerprint density at radius 1 is 0.458 bits per heavy atom. The van der Waals surface area contributed by atoms with E-state index in [4.69, 9.17) is 69.2 Å². The molecule has 0 aliphatic heterocycles. The third-order valence-electron chi connectivity index (χ3n) is 11.9. The monoisotopic (exact) mass is 1130 g/mol. The van der Waals surface area contributed by atoms with Gasteiger partial charge in [0.25, 0.3) is 0 Å². The Labute approximate surface area is 442 Å². The van der Waals surface area contributed by atoms with Crippen LogP contribution in [-0.4, -0.2) is 58.7 Å². The fourth-order valence-electron chi connectivity index (χ4n) is 8.27. The van der Waals surface area contributed by atoms with Gasteiger partial charge < -0.3 is 39.9 Å². The fourth-order valence-corrected chi connectivity index (χ4v) is 13.2. The van der Waals surface area contributed by atoms with Gasteiger partial charge in [0.15, 0.2) is 0 Å². The first-order valence-electron chi connectivity index (χ1n) is 22.8. The molecule has 0 aliphatic carbocycles. The summed E-state index contributed by atoms with van der Waals surface area (Å²) in [7, 11) is 17.3. The van der Waals surface area contributed by atoms with Crippen molar-refractivity contribution >= 4 is 67.1 Å². The van der Waals surface area contributed by atoms with Crippen molar-refractivity contribution in [3.63, 3.8) is 0 Å². The Bertz CT molecular complexity index is 2630. The summed E-state index contributed by atoms with van der Waals surface area (Å²) >= 11 is -0.346. The van der Waals surface area contributed by atoms with Crippen LogP contribution in [-0.2, 0) is 20.7 Å². The van der Waals surface area contributed by atoms with Crippen LogP contribution in [0.5, 0.6) is 35.0 Å². The number of hydrogen-bond acceptors (Lipinski definition) is 10. The van der Waals surface area contributed by atoms with Crippen LogP contribution in [0.2, 0.25) is 0 Å². The van der Waals surface area contributed by atoms with Crippen LogP contribution in [0.1, 0.15) is 25.0 Å². The topological polar surface area (TPSA) is 133 Å². The normalized spacial score (nSPS) is 11.5. The molecule has 2 heterocycles. The van der Waals surface area contributed by atoms with Crippen molar-refractivity contribution in [2.45, 2.75) is 25.4 Å². The van der Waals surface area contributed by atoms with Crippen molar-refractivity contribution in [1.82, 2.24) is 9.97 Å². The van der Waals surface area contributed by atoms with Crippen LogP contribution in [0, 0.1) is 5.92 Å². The summed E-state index contributed by atoms with van der Waals surface area (Å²) in [6, 6.07) is 61.6. The Kier molecular flexibility index (Phi) is 21.2. The van der Waals surface area contributed by atoms with Gasteiger partial charge in [0.1, 0.15) is 11.5 Å². The number of ether oxygens (including phenoxy) is 6. The van der Waals surface area contributed by atoms with Gasteiger partial charge in [-0.1, -0.05) is 159 Å². The Hall–Kier alpha value is -5.60. The van der Waals surface area contributed by atoms with Gasteiger partial charge in [0, 0.05) is 28.8 Å². The Balaban J connectivity index is 0.000000273.